The fourth-order valence-corrected chi connectivity index (χ4v) is 0.481. The van der Waals surface area contributed by atoms with Crippen molar-refractivity contribution in [2.45, 2.75) is 6.92 Å². The lowest BCUT2D eigenvalue weighted by Gasteiger charge is -2.01. The molecule has 58 valence electrons. The first-order valence-corrected chi connectivity index (χ1v) is 3.17. The Kier molecular flexibility index (Phi) is 5.77. The Bertz CT molecular complexity index is 112. The Labute approximate surface area is 61.1 Å². The molecule has 0 atom stereocenters. The maximum atomic E-state index is 9.63. The zero-order valence-corrected chi connectivity index (χ0v) is 6.22. The minimum atomic E-state index is 0.427. The van der Waals surface area contributed by atoms with Crippen molar-refractivity contribution in [3.05, 3.63) is 12.2 Å². The lowest BCUT2D eigenvalue weighted by atomic mass is 10.3. The minimum absolute atomic E-state index is 0.427. The first kappa shape index (κ1) is 9.17. The number of hydrogen-bond donors (Lipinski definition) is 1. The lowest BCUT2D eigenvalue weighted by molar-refractivity contribution is -0.128. The molecule has 3 nitrogen and oxygen atoms in total. The summed E-state index contributed by atoms with van der Waals surface area (Å²) in [5.41, 5.74) is 1.08. The molecule has 0 aromatic rings. The third-order valence-corrected chi connectivity index (χ3v) is 0.892. The van der Waals surface area contributed by atoms with Crippen LogP contribution >= 0.6 is 0 Å². The number of hydrogen-bond acceptors (Lipinski definition) is 3. The minimum Gasteiger partial charge on any atom is -0.467 e. The van der Waals surface area contributed by atoms with Crippen LogP contribution in [0.3, 0.4) is 0 Å². The summed E-state index contributed by atoms with van der Waals surface area (Å²) in [5.74, 6) is 0. The normalized spacial score (nSPS) is 8.90. The van der Waals surface area contributed by atoms with Crippen molar-refractivity contribution >= 4 is 6.47 Å². The standard InChI is InChI=1S/C7H13NO2/c1-7(2)5-8-3-4-10-6-9/h6,8H,1,3-5H2,2H3. The molecule has 0 amide bonds. The van der Waals surface area contributed by atoms with Gasteiger partial charge in [-0.3, -0.25) is 4.79 Å². The van der Waals surface area contributed by atoms with Crippen molar-refractivity contribution in [1.82, 2.24) is 5.32 Å². The van der Waals surface area contributed by atoms with E-state index < -0.39 is 0 Å². The monoisotopic (exact) mass is 143 g/mol. The molecule has 0 aromatic carbocycles. The SMILES string of the molecule is C=C(C)CNCCOC=O. The van der Waals surface area contributed by atoms with Gasteiger partial charge in [0, 0.05) is 13.1 Å². The highest BCUT2D eigenvalue weighted by Gasteiger charge is 1.85. The van der Waals surface area contributed by atoms with E-state index in [1.807, 2.05) is 6.92 Å². The van der Waals surface area contributed by atoms with Crippen LogP contribution in [0.2, 0.25) is 0 Å². The highest BCUT2D eigenvalue weighted by atomic mass is 16.5. The van der Waals surface area contributed by atoms with E-state index in [4.69, 9.17) is 0 Å². The second-order valence-corrected chi connectivity index (χ2v) is 2.10. The summed E-state index contributed by atoms with van der Waals surface area (Å²) in [6.07, 6.45) is 0. The van der Waals surface area contributed by atoms with Crippen molar-refractivity contribution in [2.24, 2.45) is 0 Å². The average Bonchev–Trinajstić information content (AvgIpc) is 1.87. The van der Waals surface area contributed by atoms with Crippen molar-refractivity contribution in [1.29, 1.82) is 0 Å². The van der Waals surface area contributed by atoms with Crippen LogP contribution in [-0.4, -0.2) is 26.2 Å². The highest BCUT2D eigenvalue weighted by molar-refractivity contribution is 5.36. The van der Waals surface area contributed by atoms with Crippen LogP contribution in [0.5, 0.6) is 0 Å². The quantitative estimate of drug-likeness (QED) is 0.331. The van der Waals surface area contributed by atoms with E-state index in [1.165, 1.54) is 0 Å². The largest absolute Gasteiger partial charge is 0.467 e. The van der Waals surface area contributed by atoms with Gasteiger partial charge in [-0.15, -0.1) is 0 Å². The van der Waals surface area contributed by atoms with Gasteiger partial charge >= 0.3 is 0 Å². The molecule has 0 fully saturated rings. The van der Waals surface area contributed by atoms with Crippen LogP contribution in [0.1, 0.15) is 6.92 Å². The summed E-state index contributed by atoms with van der Waals surface area (Å²) in [6, 6.07) is 0. The van der Waals surface area contributed by atoms with Gasteiger partial charge in [0.2, 0.25) is 0 Å². The molecule has 0 saturated heterocycles. The van der Waals surface area contributed by atoms with E-state index in [-0.39, 0.29) is 0 Å². The summed E-state index contributed by atoms with van der Waals surface area (Å²) in [6.45, 7) is 7.98. The van der Waals surface area contributed by atoms with Crippen LogP contribution in [0.25, 0.3) is 0 Å². The van der Waals surface area contributed by atoms with Gasteiger partial charge in [0.15, 0.2) is 0 Å². The molecule has 0 heterocycles. The lowest BCUT2D eigenvalue weighted by Crippen LogP contribution is -2.20. The second-order valence-electron chi connectivity index (χ2n) is 2.10. The first-order chi connectivity index (χ1) is 4.77. The summed E-state index contributed by atoms with van der Waals surface area (Å²) < 4.78 is 4.44. The molecule has 1 N–H and O–H groups in total. The number of ether oxygens (including phenoxy) is 1. The fraction of sp³-hybridized carbons (Fsp3) is 0.571. The Morgan fingerprint density at radius 1 is 1.80 bits per heavy atom. The Balaban J connectivity index is 2.90. The van der Waals surface area contributed by atoms with Crippen LogP contribution in [0.15, 0.2) is 12.2 Å². The molecule has 10 heavy (non-hydrogen) atoms. The van der Waals surface area contributed by atoms with Gasteiger partial charge in [0.05, 0.1) is 0 Å². The molecular formula is C7H13NO2. The first-order valence-electron chi connectivity index (χ1n) is 3.17. The Morgan fingerprint density at radius 2 is 2.50 bits per heavy atom. The number of nitrogens with one attached hydrogen (secondary N) is 1. The van der Waals surface area contributed by atoms with E-state index in [9.17, 15) is 4.79 Å². The van der Waals surface area contributed by atoms with Gasteiger partial charge < -0.3 is 10.1 Å². The predicted molar refractivity (Wildman–Crippen MR) is 39.7 cm³/mol. The van der Waals surface area contributed by atoms with Crippen LogP contribution < -0.4 is 5.32 Å². The number of carbonyl (C=O) groups is 1. The third-order valence-electron chi connectivity index (χ3n) is 0.892. The summed E-state index contributed by atoms with van der Waals surface area (Å²) >= 11 is 0. The zero-order valence-electron chi connectivity index (χ0n) is 6.22. The van der Waals surface area contributed by atoms with Gasteiger partial charge in [-0.2, -0.15) is 0 Å². The van der Waals surface area contributed by atoms with E-state index >= 15 is 0 Å². The second kappa shape index (κ2) is 6.29. The molecule has 0 radical (unpaired) electrons. The maximum absolute atomic E-state index is 9.63. The molecular weight excluding hydrogens is 130 g/mol. The molecule has 0 saturated carbocycles. The number of carbonyl (C=O) groups excluding carboxylic acids is 1. The molecule has 0 rings (SSSR count). The van der Waals surface area contributed by atoms with E-state index in [1.54, 1.807) is 0 Å². The number of rotatable bonds is 6. The Hall–Kier alpha value is -0.830. The smallest absolute Gasteiger partial charge is 0.293 e. The van der Waals surface area contributed by atoms with Gasteiger partial charge in [-0.1, -0.05) is 12.2 Å². The van der Waals surface area contributed by atoms with Crippen molar-refractivity contribution < 1.29 is 9.53 Å². The molecule has 0 bridgehead atoms. The summed E-state index contributed by atoms with van der Waals surface area (Å²) in [4.78, 5) is 9.63. The highest BCUT2D eigenvalue weighted by Crippen LogP contribution is 1.79. The summed E-state index contributed by atoms with van der Waals surface area (Å²) in [5, 5.41) is 3.04. The Morgan fingerprint density at radius 3 is 3.00 bits per heavy atom. The van der Waals surface area contributed by atoms with Crippen molar-refractivity contribution in [3.63, 3.8) is 0 Å². The van der Waals surface area contributed by atoms with E-state index in [0.717, 1.165) is 12.1 Å². The van der Waals surface area contributed by atoms with Gasteiger partial charge in [0.25, 0.3) is 6.47 Å². The van der Waals surface area contributed by atoms with Crippen molar-refractivity contribution in [3.8, 4) is 0 Å². The predicted octanol–water partition coefficient (Wildman–Crippen LogP) is 0.325. The van der Waals surface area contributed by atoms with Crippen LogP contribution in [0, 0.1) is 0 Å². The molecule has 0 aliphatic carbocycles. The molecule has 0 aliphatic heterocycles. The topological polar surface area (TPSA) is 38.3 Å². The molecule has 0 unspecified atom stereocenters. The van der Waals surface area contributed by atoms with Crippen molar-refractivity contribution in [2.75, 3.05) is 19.7 Å². The maximum Gasteiger partial charge on any atom is 0.293 e. The average molecular weight is 143 g/mol. The summed E-state index contributed by atoms with van der Waals surface area (Å²) in [7, 11) is 0. The van der Waals surface area contributed by atoms with Gasteiger partial charge in [-0.25, -0.2) is 0 Å². The fourth-order valence-electron chi connectivity index (χ4n) is 0.481. The molecule has 0 spiro atoms. The molecule has 0 aromatic heterocycles. The van der Waals surface area contributed by atoms with Crippen LogP contribution in [0.4, 0.5) is 0 Å². The third kappa shape index (κ3) is 7.17. The molecule has 0 aliphatic rings. The zero-order chi connectivity index (χ0) is 7.82. The van der Waals surface area contributed by atoms with Gasteiger partial charge in [0.1, 0.15) is 6.61 Å². The van der Waals surface area contributed by atoms with E-state index in [2.05, 4.69) is 16.6 Å². The van der Waals surface area contributed by atoms with Gasteiger partial charge in [-0.05, 0) is 6.92 Å². The van der Waals surface area contributed by atoms with E-state index in [0.29, 0.717) is 19.6 Å². The van der Waals surface area contributed by atoms with Crippen LogP contribution in [-0.2, 0) is 9.53 Å². The molecule has 3 heteroatoms.